The molecule has 94 valence electrons. The van der Waals surface area contributed by atoms with E-state index in [0.717, 1.165) is 0 Å². The second-order valence-electron chi connectivity index (χ2n) is 4.80. The number of aryl methyl sites for hydroxylation is 1. The van der Waals surface area contributed by atoms with E-state index in [1.165, 1.54) is 16.7 Å². The summed E-state index contributed by atoms with van der Waals surface area (Å²) >= 11 is 0. The maximum atomic E-state index is 4.05. The number of rotatable bonds is 4. The van der Waals surface area contributed by atoms with E-state index >= 15 is 0 Å². The van der Waals surface area contributed by atoms with Crippen molar-refractivity contribution in [3.8, 4) is 0 Å². The van der Waals surface area contributed by atoms with Crippen LogP contribution in [0.2, 0.25) is 0 Å². The first-order chi connectivity index (χ1) is 8.66. The lowest BCUT2D eigenvalue weighted by atomic mass is 10.0. The first-order valence-corrected chi connectivity index (χ1v) is 6.39. The normalized spacial score (nSPS) is 14.2. The summed E-state index contributed by atoms with van der Waals surface area (Å²) in [5.41, 5.74) is 3.89. The Kier molecular flexibility index (Phi) is 4.11. The third kappa shape index (κ3) is 3.17. The third-order valence-corrected chi connectivity index (χ3v) is 3.28. The van der Waals surface area contributed by atoms with Crippen LogP contribution in [-0.2, 0) is 0 Å². The van der Waals surface area contributed by atoms with E-state index in [1.807, 2.05) is 12.4 Å². The number of aromatic nitrogens is 1. The lowest BCUT2D eigenvalue weighted by Crippen LogP contribution is -2.22. The highest BCUT2D eigenvalue weighted by atomic mass is 14.9. The molecule has 2 aromatic rings. The van der Waals surface area contributed by atoms with Gasteiger partial charge in [-0.1, -0.05) is 29.8 Å². The Morgan fingerprint density at radius 3 is 1.89 bits per heavy atom. The van der Waals surface area contributed by atoms with Gasteiger partial charge in [0.15, 0.2) is 0 Å². The molecule has 0 aliphatic heterocycles. The summed E-state index contributed by atoms with van der Waals surface area (Å²) in [6, 6.07) is 13.5. The van der Waals surface area contributed by atoms with Gasteiger partial charge < -0.3 is 5.32 Å². The molecule has 0 amide bonds. The van der Waals surface area contributed by atoms with Crippen molar-refractivity contribution in [2.75, 3.05) is 0 Å². The van der Waals surface area contributed by atoms with Crippen molar-refractivity contribution in [3.63, 3.8) is 0 Å². The van der Waals surface area contributed by atoms with Gasteiger partial charge in [0, 0.05) is 24.5 Å². The van der Waals surface area contributed by atoms with Gasteiger partial charge in [0.1, 0.15) is 0 Å². The van der Waals surface area contributed by atoms with Crippen LogP contribution in [0.15, 0.2) is 48.8 Å². The minimum atomic E-state index is 0.323. The fourth-order valence-electron chi connectivity index (χ4n) is 2.07. The van der Waals surface area contributed by atoms with Crippen LogP contribution in [-0.4, -0.2) is 4.98 Å². The number of nitrogens with one attached hydrogen (secondary N) is 1. The minimum Gasteiger partial charge on any atom is -0.304 e. The third-order valence-electron chi connectivity index (χ3n) is 3.28. The largest absolute Gasteiger partial charge is 0.304 e. The molecule has 1 aromatic heterocycles. The van der Waals surface area contributed by atoms with Crippen molar-refractivity contribution < 1.29 is 0 Å². The van der Waals surface area contributed by atoms with E-state index in [2.05, 4.69) is 67.5 Å². The number of nitrogens with zero attached hydrogens (tertiary/aromatic N) is 1. The Balaban J connectivity index is 2.03. The molecular formula is C16H20N2. The maximum Gasteiger partial charge on any atom is 0.0298 e. The summed E-state index contributed by atoms with van der Waals surface area (Å²) in [6.45, 7) is 6.49. The molecule has 1 heterocycles. The predicted octanol–water partition coefficient (Wildman–Crippen LogP) is 3.80. The zero-order valence-corrected chi connectivity index (χ0v) is 11.2. The van der Waals surface area contributed by atoms with Gasteiger partial charge in [0.05, 0.1) is 0 Å². The molecule has 0 fully saturated rings. The van der Waals surface area contributed by atoms with Crippen molar-refractivity contribution in [2.45, 2.75) is 32.9 Å². The lowest BCUT2D eigenvalue weighted by molar-refractivity contribution is 0.494. The lowest BCUT2D eigenvalue weighted by Gasteiger charge is -2.20. The van der Waals surface area contributed by atoms with Gasteiger partial charge >= 0.3 is 0 Å². The number of hydrogen-bond acceptors (Lipinski definition) is 2. The van der Waals surface area contributed by atoms with Crippen LogP contribution in [0.3, 0.4) is 0 Å². The van der Waals surface area contributed by atoms with Crippen LogP contribution in [0, 0.1) is 6.92 Å². The van der Waals surface area contributed by atoms with Crippen LogP contribution < -0.4 is 5.32 Å². The molecule has 0 radical (unpaired) electrons. The number of benzene rings is 1. The summed E-state index contributed by atoms with van der Waals surface area (Å²) in [4.78, 5) is 4.05. The van der Waals surface area contributed by atoms with E-state index in [9.17, 15) is 0 Å². The van der Waals surface area contributed by atoms with Gasteiger partial charge in [-0.2, -0.15) is 0 Å². The molecule has 0 saturated heterocycles. The maximum absolute atomic E-state index is 4.05. The molecule has 2 unspecified atom stereocenters. The Morgan fingerprint density at radius 1 is 0.833 bits per heavy atom. The Hall–Kier alpha value is -1.67. The van der Waals surface area contributed by atoms with Gasteiger partial charge in [0.25, 0.3) is 0 Å². The van der Waals surface area contributed by atoms with Crippen LogP contribution in [0.4, 0.5) is 0 Å². The van der Waals surface area contributed by atoms with E-state index in [0.29, 0.717) is 12.1 Å². The average Bonchev–Trinajstić information content (AvgIpc) is 2.40. The second-order valence-corrected chi connectivity index (χ2v) is 4.80. The van der Waals surface area contributed by atoms with E-state index in [1.54, 1.807) is 0 Å². The van der Waals surface area contributed by atoms with Crippen LogP contribution in [0.1, 0.15) is 42.6 Å². The first-order valence-electron chi connectivity index (χ1n) is 6.39. The standard InChI is InChI=1S/C16H20N2/c1-12-4-6-15(7-5-12)13(2)18-14(3)16-8-10-17-11-9-16/h4-11,13-14,18H,1-3H3. The van der Waals surface area contributed by atoms with Gasteiger partial charge in [-0.05, 0) is 44.0 Å². The van der Waals surface area contributed by atoms with Crippen LogP contribution in [0.5, 0.6) is 0 Å². The molecule has 2 atom stereocenters. The Bertz CT molecular complexity index is 476. The SMILES string of the molecule is Cc1ccc(C(C)NC(C)c2ccncc2)cc1. The predicted molar refractivity (Wildman–Crippen MR) is 75.4 cm³/mol. The topological polar surface area (TPSA) is 24.9 Å². The first kappa shape index (κ1) is 12.8. The highest BCUT2D eigenvalue weighted by Crippen LogP contribution is 2.19. The monoisotopic (exact) mass is 240 g/mol. The van der Waals surface area contributed by atoms with Crippen molar-refractivity contribution in [2.24, 2.45) is 0 Å². The van der Waals surface area contributed by atoms with Crippen molar-refractivity contribution in [1.29, 1.82) is 0 Å². The van der Waals surface area contributed by atoms with Gasteiger partial charge in [-0.3, -0.25) is 4.98 Å². The minimum absolute atomic E-state index is 0.323. The van der Waals surface area contributed by atoms with Crippen molar-refractivity contribution in [1.82, 2.24) is 10.3 Å². The molecule has 2 rings (SSSR count). The zero-order chi connectivity index (χ0) is 13.0. The van der Waals surface area contributed by atoms with Crippen molar-refractivity contribution >= 4 is 0 Å². The molecule has 18 heavy (non-hydrogen) atoms. The molecule has 1 aromatic carbocycles. The fourth-order valence-corrected chi connectivity index (χ4v) is 2.07. The van der Waals surface area contributed by atoms with Crippen LogP contribution >= 0.6 is 0 Å². The van der Waals surface area contributed by atoms with Crippen LogP contribution in [0.25, 0.3) is 0 Å². The second kappa shape index (κ2) is 5.78. The molecule has 2 nitrogen and oxygen atoms in total. The fraction of sp³-hybridized carbons (Fsp3) is 0.312. The molecular weight excluding hydrogens is 220 g/mol. The van der Waals surface area contributed by atoms with E-state index < -0.39 is 0 Å². The number of pyridine rings is 1. The van der Waals surface area contributed by atoms with E-state index in [4.69, 9.17) is 0 Å². The van der Waals surface area contributed by atoms with Gasteiger partial charge in [-0.15, -0.1) is 0 Å². The molecule has 0 aliphatic rings. The summed E-state index contributed by atoms with van der Waals surface area (Å²) in [5, 5.41) is 3.60. The molecule has 0 bridgehead atoms. The number of hydrogen-bond donors (Lipinski definition) is 1. The zero-order valence-electron chi connectivity index (χ0n) is 11.2. The highest BCUT2D eigenvalue weighted by molar-refractivity contribution is 5.24. The molecule has 0 spiro atoms. The quantitative estimate of drug-likeness (QED) is 0.879. The van der Waals surface area contributed by atoms with E-state index in [-0.39, 0.29) is 0 Å². The molecule has 1 N–H and O–H groups in total. The molecule has 0 saturated carbocycles. The Labute approximate surface area is 109 Å². The molecule has 0 aliphatic carbocycles. The van der Waals surface area contributed by atoms with Gasteiger partial charge in [-0.25, -0.2) is 0 Å². The summed E-state index contributed by atoms with van der Waals surface area (Å²) in [6.07, 6.45) is 3.67. The Morgan fingerprint density at radius 2 is 1.33 bits per heavy atom. The summed E-state index contributed by atoms with van der Waals surface area (Å²) in [5.74, 6) is 0. The molecule has 2 heteroatoms. The van der Waals surface area contributed by atoms with Crippen molar-refractivity contribution in [3.05, 3.63) is 65.5 Å². The highest BCUT2D eigenvalue weighted by Gasteiger charge is 2.10. The summed E-state index contributed by atoms with van der Waals surface area (Å²) < 4.78 is 0. The van der Waals surface area contributed by atoms with Gasteiger partial charge in [0.2, 0.25) is 0 Å². The smallest absolute Gasteiger partial charge is 0.0298 e. The summed E-state index contributed by atoms with van der Waals surface area (Å²) in [7, 11) is 0. The average molecular weight is 240 g/mol.